The van der Waals surface area contributed by atoms with Crippen molar-refractivity contribution in [2.75, 3.05) is 39.1 Å². The quantitative estimate of drug-likeness (QED) is 0.563. The van der Waals surface area contributed by atoms with Crippen LogP contribution in [0.1, 0.15) is 5.56 Å². The maximum atomic E-state index is 5.38. The fraction of sp³-hybridized carbons (Fsp3) is 0.250. The monoisotopic (exact) mass is 397 g/mol. The van der Waals surface area contributed by atoms with Crippen molar-refractivity contribution >= 4 is 17.5 Å². The summed E-state index contributed by atoms with van der Waals surface area (Å²) < 4.78 is 21.2. The largest absolute Gasteiger partial charge is 0.497 e. The van der Waals surface area contributed by atoms with E-state index < -0.39 is 0 Å². The first-order valence-corrected chi connectivity index (χ1v) is 8.80. The van der Waals surface area contributed by atoms with Gasteiger partial charge in [0.2, 0.25) is 5.95 Å². The van der Waals surface area contributed by atoms with Crippen molar-refractivity contribution in [3.63, 3.8) is 0 Å². The maximum Gasteiger partial charge on any atom is 0.249 e. The van der Waals surface area contributed by atoms with Crippen LogP contribution in [0.2, 0.25) is 0 Å². The van der Waals surface area contributed by atoms with E-state index in [-0.39, 0.29) is 0 Å². The van der Waals surface area contributed by atoms with Crippen molar-refractivity contribution in [1.82, 2.24) is 15.2 Å². The number of hydrogen-bond acceptors (Lipinski definition) is 9. The number of rotatable bonds is 9. The lowest BCUT2D eigenvalue weighted by Crippen LogP contribution is -2.06. The zero-order valence-electron chi connectivity index (χ0n) is 16.7. The van der Waals surface area contributed by atoms with Gasteiger partial charge in [-0.15, -0.1) is 5.10 Å². The predicted octanol–water partition coefficient (Wildman–Crippen LogP) is 3.26. The Hall–Kier alpha value is -3.75. The summed E-state index contributed by atoms with van der Waals surface area (Å²) in [5, 5.41) is 14.3. The number of nitrogens with one attached hydrogen (secondary N) is 2. The van der Waals surface area contributed by atoms with Crippen LogP contribution in [0.25, 0.3) is 0 Å². The van der Waals surface area contributed by atoms with Crippen LogP contribution in [0, 0.1) is 0 Å². The van der Waals surface area contributed by atoms with Crippen molar-refractivity contribution in [1.29, 1.82) is 0 Å². The van der Waals surface area contributed by atoms with E-state index >= 15 is 0 Å². The minimum Gasteiger partial charge on any atom is -0.497 e. The lowest BCUT2D eigenvalue weighted by Gasteiger charge is -2.12. The second-order valence-corrected chi connectivity index (χ2v) is 5.90. The third kappa shape index (κ3) is 4.95. The predicted molar refractivity (Wildman–Crippen MR) is 110 cm³/mol. The van der Waals surface area contributed by atoms with E-state index in [1.807, 2.05) is 30.3 Å². The van der Waals surface area contributed by atoms with E-state index in [1.54, 1.807) is 40.7 Å². The Morgan fingerprint density at radius 1 is 0.828 bits per heavy atom. The van der Waals surface area contributed by atoms with Gasteiger partial charge in [0.15, 0.2) is 17.3 Å². The molecule has 0 amide bonds. The molecule has 0 spiro atoms. The summed E-state index contributed by atoms with van der Waals surface area (Å²) in [5.74, 6) is 3.56. The van der Waals surface area contributed by atoms with Gasteiger partial charge < -0.3 is 29.6 Å². The normalized spacial score (nSPS) is 10.2. The number of anilines is 3. The third-order valence-corrected chi connectivity index (χ3v) is 4.14. The first-order chi connectivity index (χ1) is 14.2. The number of hydrogen-bond donors (Lipinski definition) is 2. The SMILES string of the molecule is COc1ccc(Nc2nncc(NCc3ccc(OC)c(OC)c3)n2)c(OC)c1. The topological polar surface area (TPSA) is 99.7 Å². The van der Waals surface area contributed by atoms with Gasteiger partial charge in [0.1, 0.15) is 11.5 Å². The summed E-state index contributed by atoms with van der Waals surface area (Å²) in [6, 6.07) is 11.1. The highest BCUT2D eigenvalue weighted by Gasteiger charge is 2.09. The summed E-state index contributed by atoms with van der Waals surface area (Å²) in [7, 11) is 6.39. The molecule has 0 aliphatic rings. The standard InChI is InChI=1S/C20H23N5O4/c1-26-14-6-7-15(17(10-14)28-3)23-20-24-19(12-22-25-20)21-11-13-5-8-16(27-2)18(9-13)29-4/h5-10,12H,11H2,1-4H3,(H2,21,23,24,25). The minimum absolute atomic E-state index is 0.339. The second kappa shape index (κ2) is 9.45. The molecule has 0 radical (unpaired) electrons. The molecule has 3 aromatic rings. The van der Waals surface area contributed by atoms with Gasteiger partial charge in [0, 0.05) is 12.6 Å². The molecule has 0 fully saturated rings. The number of aromatic nitrogens is 3. The smallest absolute Gasteiger partial charge is 0.249 e. The molecule has 1 aromatic heterocycles. The molecular formula is C20H23N5O4. The molecule has 152 valence electrons. The highest BCUT2D eigenvalue weighted by molar-refractivity contribution is 5.64. The molecule has 2 aromatic carbocycles. The average Bonchev–Trinajstić information content (AvgIpc) is 2.78. The average molecular weight is 397 g/mol. The van der Waals surface area contributed by atoms with Gasteiger partial charge in [-0.25, -0.2) is 0 Å². The molecule has 2 N–H and O–H groups in total. The zero-order valence-corrected chi connectivity index (χ0v) is 16.7. The third-order valence-electron chi connectivity index (χ3n) is 4.14. The summed E-state index contributed by atoms with van der Waals surface area (Å²) >= 11 is 0. The molecule has 0 bridgehead atoms. The lowest BCUT2D eigenvalue weighted by molar-refractivity contribution is 0.354. The summed E-state index contributed by atoms with van der Waals surface area (Å²) in [5.41, 5.74) is 1.71. The molecule has 0 atom stereocenters. The van der Waals surface area contributed by atoms with Crippen molar-refractivity contribution in [3.8, 4) is 23.0 Å². The van der Waals surface area contributed by atoms with E-state index in [1.165, 1.54) is 0 Å². The van der Waals surface area contributed by atoms with E-state index in [2.05, 4.69) is 25.8 Å². The molecule has 9 nitrogen and oxygen atoms in total. The molecule has 3 rings (SSSR count). The van der Waals surface area contributed by atoms with Crippen molar-refractivity contribution in [3.05, 3.63) is 48.2 Å². The highest BCUT2D eigenvalue weighted by atomic mass is 16.5. The molecule has 0 unspecified atom stereocenters. The van der Waals surface area contributed by atoms with Crippen LogP contribution in [0.4, 0.5) is 17.5 Å². The Bertz CT molecular complexity index is 967. The van der Waals surface area contributed by atoms with Crippen LogP contribution in [0.3, 0.4) is 0 Å². The molecule has 0 aliphatic heterocycles. The van der Waals surface area contributed by atoms with Gasteiger partial charge in [-0.2, -0.15) is 10.1 Å². The van der Waals surface area contributed by atoms with Crippen molar-refractivity contribution in [2.24, 2.45) is 0 Å². The van der Waals surface area contributed by atoms with E-state index in [4.69, 9.17) is 18.9 Å². The highest BCUT2D eigenvalue weighted by Crippen LogP contribution is 2.31. The molecule has 29 heavy (non-hydrogen) atoms. The molecule has 0 saturated carbocycles. The van der Waals surface area contributed by atoms with Gasteiger partial charge in [0.25, 0.3) is 0 Å². The Labute approximate surface area is 169 Å². The first-order valence-electron chi connectivity index (χ1n) is 8.80. The first kappa shape index (κ1) is 20.0. The molecule has 1 heterocycles. The maximum absolute atomic E-state index is 5.38. The van der Waals surface area contributed by atoms with Crippen molar-refractivity contribution in [2.45, 2.75) is 6.54 Å². The number of ether oxygens (including phenoxy) is 4. The molecular weight excluding hydrogens is 374 g/mol. The van der Waals surface area contributed by atoms with E-state index in [9.17, 15) is 0 Å². The molecule has 0 aliphatic carbocycles. The number of nitrogens with zero attached hydrogens (tertiary/aromatic N) is 3. The Balaban J connectivity index is 1.70. The summed E-state index contributed by atoms with van der Waals surface area (Å²) in [4.78, 5) is 4.44. The molecule has 0 saturated heterocycles. The van der Waals surface area contributed by atoms with Crippen LogP contribution in [-0.4, -0.2) is 43.6 Å². The fourth-order valence-corrected chi connectivity index (χ4v) is 2.65. The van der Waals surface area contributed by atoms with Crippen molar-refractivity contribution < 1.29 is 18.9 Å². The second-order valence-electron chi connectivity index (χ2n) is 5.90. The Kier molecular flexibility index (Phi) is 6.51. The van der Waals surface area contributed by atoms with Crippen LogP contribution in [0.5, 0.6) is 23.0 Å². The summed E-state index contributed by atoms with van der Waals surface area (Å²) in [6.45, 7) is 0.532. The van der Waals surface area contributed by atoms with Crippen LogP contribution in [-0.2, 0) is 6.54 Å². The van der Waals surface area contributed by atoms with Crippen LogP contribution in [0.15, 0.2) is 42.6 Å². The molecule has 9 heteroatoms. The van der Waals surface area contributed by atoms with Gasteiger partial charge in [0.05, 0.1) is 40.3 Å². The number of benzene rings is 2. The number of methoxy groups -OCH3 is 4. The van der Waals surface area contributed by atoms with Crippen LogP contribution >= 0.6 is 0 Å². The summed E-state index contributed by atoms with van der Waals surface area (Å²) in [6.07, 6.45) is 1.55. The van der Waals surface area contributed by atoms with E-state index in [0.29, 0.717) is 47.0 Å². The fourth-order valence-electron chi connectivity index (χ4n) is 2.65. The van der Waals surface area contributed by atoms with Gasteiger partial charge in [-0.3, -0.25) is 0 Å². The zero-order chi connectivity index (χ0) is 20.6. The van der Waals surface area contributed by atoms with E-state index in [0.717, 1.165) is 5.56 Å². The Morgan fingerprint density at radius 2 is 1.62 bits per heavy atom. The van der Waals surface area contributed by atoms with Gasteiger partial charge in [-0.1, -0.05) is 6.07 Å². The minimum atomic E-state index is 0.339. The van der Waals surface area contributed by atoms with Crippen LogP contribution < -0.4 is 29.6 Å². The van der Waals surface area contributed by atoms with Gasteiger partial charge in [-0.05, 0) is 29.8 Å². The van der Waals surface area contributed by atoms with Gasteiger partial charge >= 0.3 is 0 Å². The Morgan fingerprint density at radius 3 is 2.34 bits per heavy atom. The lowest BCUT2D eigenvalue weighted by atomic mass is 10.2.